The van der Waals surface area contributed by atoms with Gasteiger partial charge in [0.1, 0.15) is 5.75 Å². The topological polar surface area (TPSA) is 105 Å². The Kier molecular flexibility index (Phi) is 3.82. The number of benzene rings is 1. The van der Waals surface area contributed by atoms with Gasteiger partial charge in [0.2, 0.25) is 15.9 Å². The first-order valence-corrected chi connectivity index (χ1v) is 7.03. The largest absolute Gasteiger partial charge is 0.508 e. The van der Waals surface area contributed by atoms with Crippen molar-refractivity contribution in [3.05, 3.63) is 36.0 Å². The smallest absolute Gasteiger partial charge is 0.240 e. The van der Waals surface area contributed by atoms with Gasteiger partial charge in [-0.15, -0.1) is 0 Å². The van der Waals surface area contributed by atoms with Crippen molar-refractivity contribution in [2.75, 3.05) is 6.54 Å². The van der Waals surface area contributed by atoms with Crippen molar-refractivity contribution in [1.29, 1.82) is 0 Å². The van der Waals surface area contributed by atoms with Crippen LogP contribution in [0.2, 0.25) is 0 Å². The normalized spacial score (nSPS) is 11.6. The molecule has 0 atom stereocenters. The van der Waals surface area contributed by atoms with Crippen molar-refractivity contribution < 1.29 is 18.0 Å². The number of aryl methyl sites for hydroxylation is 1. The Morgan fingerprint density at radius 3 is 2.58 bits per heavy atom. The maximum Gasteiger partial charge on any atom is 0.240 e. The average molecular weight is 283 g/mol. The molecule has 0 saturated heterocycles. The van der Waals surface area contributed by atoms with E-state index in [1.807, 2.05) is 0 Å². The third-order valence-electron chi connectivity index (χ3n) is 2.36. The maximum absolute atomic E-state index is 11.9. The maximum atomic E-state index is 11.9. The lowest BCUT2D eigenvalue weighted by atomic mass is 10.3. The van der Waals surface area contributed by atoms with Gasteiger partial charge in [0.05, 0.1) is 4.90 Å². The molecule has 1 aromatic heterocycles. The first kappa shape index (κ1) is 13.5. The zero-order chi connectivity index (χ0) is 13.9. The Labute approximate surface area is 110 Å². The minimum atomic E-state index is -3.59. The van der Waals surface area contributed by atoms with Gasteiger partial charge in [0.25, 0.3) is 0 Å². The molecule has 0 bridgehead atoms. The van der Waals surface area contributed by atoms with Gasteiger partial charge in [0, 0.05) is 19.9 Å². The highest BCUT2D eigenvalue weighted by molar-refractivity contribution is 7.89. The number of rotatable bonds is 5. The molecule has 0 radical (unpaired) electrons. The first-order valence-electron chi connectivity index (χ1n) is 5.55. The SMILES string of the molecule is Cc1nc(CCNS(=O)(=O)c2ccc(O)cc2)no1. The van der Waals surface area contributed by atoms with E-state index in [1.165, 1.54) is 24.3 Å². The molecule has 0 saturated carbocycles. The molecule has 0 aliphatic rings. The molecule has 19 heavy (non-hydrogen) atoms. The summed E-state index contributed by atoms with van der Waals surface area (Å²) in [6, 6.07) is 5.29. The zero-order valence-corrected chi connectivity index (χ0v) is 11.0. The Morgan fingerprint density at radius 2 is 2.00 bits per heavy atom. The molecule has 0 unspecified atom stereocenters. The Balaban J connectivity index is 1.96. The van der Waals surface area contributed by atoms with Crippen LogP contribution in [0.1, 0.15) is 11.7 Å². The minimum absolute atomic E-state index is 0.0150. The molecule has 0 fully saturated rings. The number of nitrogens with one attached hydrogen (secondary N) is 1. The number of phenolic OH excluding ortho intramolecular Hbond substituents is 1. The predicted octanol–water partition coefficient (Wildman–Crippen LogP) is 0.605. The highest BCUT2D eigenvalue weighted by Gasteiger charge is 2.13. The van der Waals surface area contributed by atoms with Gasteiger partial charge in [-0.3, -0.25) is 0 Å². The standard InChI is InChI=1S/C11H13N3O4S/c1-8-13-11(14-18-8)6-7-12-19(16,17)10-4-2-9(15)3-5-10/h2-5,12,15H,6-7H2,1H3. The number of sulfonamides is 1. The van der Waals surface area contributed by atoms with Crippen LogP contribution in [0.3, 0.4) is 0 Å². The van der Waals surface area contributed by atoms with Gasteiger partial charge >= 0.3 is 0 Å². The van der Waals surface area contributed by atoms with Gasteiger partial charge in [-0.1, -0.05) is 5.16 Å². The minimum Gasteiger partial charge on any atom is -0.508 e. The summed E-state index contributed by atoms with van der Waals surface area (Å²) in [5.41, 5.74) is 0. The van der Waals surface area contributed by atoms with Gasteiger partial charge in [0.15, 0.2) is 5.82 Å². The zero-order valence-electron chi connectivity index (χ0n) is 10.2. The highest BCUT2D eigenvalue weighted by Crippen LogP contribution is 2.13. The summed E-state index contributed by atoms with van der Waals surface area (Å²) in [4.78, 5) is 4.06. The van der Waals surface area contributed by atoms with E-state index in [1.54, 1.807) is 6.92 Å². The van der Waals surface area contributed by atoms with E-state index in [0.29, 0.717) is 18.1 Å². The summed E-state index contributed by atoms with van der Waals surface area (Å²) in [6.45, 7) is 1.83. The lowest BCUT2D eigenvalue weighted by Crippen LogP contribution is -2.26. The molecule has 1 heterocycles. The van der Waals surface area contributed by atoms with E-state index in [9.17, 15) is 8.42 Å². The van der Waals surface area contributed by atoms with Crippen LogP contribution in [-0.4, -0.2) is 30.2 Å². The summed E-state index contributed by atoms with van der Waals surface area (Å²) in [5.74, 6) is 0.906. The van der Waals surface area contributed by atoms with Crippen molar-refractivity contribution in [2.24, 2.45) is 0 Å². The molecule has 0 amide bonds. The summed E-state index contributed by atoms with van der Waals surface area (Å²) in [6.07, 6.45) is 0.342. The number of aromatic nitrogens is 2. The number of phenols is 1. The fourth-order valence-corrected chi connectivity index (χ4v) is 2.48. The molecule has 0 spiro atoms. The van der Waals surface area contributed by atoms with E-state index in [4.69, 9.17) is 9.63 Å². The van der Waals surface area contributed by atoms with Crippen molar-refractivity contribution in [2.45, 2.75) is 18.2 Å². The van der Waals surface area contributed by atoms with Gasteiger partial charge < -0.3 is 9.63 Å². The van der Waals surface area contributed by atoms with Crippen molar-refractivity contribution in [3.8, 4) is 5.75 Å². The molecule has 7 nitrogen and oxygen atoms in total. The van der Waals surface area contributed by atoms with Crippen molar-refractivity contribution in [1.82, 2.24) is 14.9 Å². The fraction of sp³-hybridized carbons (Fsp3) is 0.273. The van der Waals surface area contributed by atoms with Crippen LogP contribution in [0.15, 0.2) is 33.7 Å². The molecule has 102 valence electrons. The molecule has 2 rings (SSSR count). The van der Waals surface area contributed by atoms with Gasteiger partial charge in [-0.25, -0.2) is 13.1 Å². The molecular weight excluding hydrogens is 270 g/mol. The molecular formula is C11H13N3O4S. The molecule has 2 aromatic rings. The summed E-state index contributed by atoms with van der Waals surface area (Å²) in [5, 5.41) is 12.8. The summed E-state index contributed by atoms with van der Waals surface area (Å²) in [7, 11) is -3.59. The van der Waals surface area contributed by atoms with Gasteiger partial charge in [-0.2, -0.15) is 4.98 Å². The highest BCUT2D eigenvalue weighted by atomic mass is 32.2. The average Bonchev–Trinajstić information content (AvgIpc) is 2.75. The summed E-state index contributed by atoms with van der Waals surface area (Å²) >= 11 is 0. The number of hydrogen-bond acceptors (Lipinski definition) is 6. The Morgan fingerprint density at radius 1 is 1.32 bits per heavy atom. The number of aromatic hydroxyl groups is 1. The monoisotopic (exact) mass is 283 g/mol. The predicted molar refractivity (Wildman–Crippen MR) is 66.0 cm³/mol. The molecule has 0 aliphatic carbocycles. The van der Waals surface area contributed by atoms with Crippen LogP contribution < -0.4 is 4.72 Å². The molecule has 1 aromatic carbocycles. The third kappa shape index (κ3) is 3.52. The van der Waals surface area contributed by atoms with E-state index < -0.39 is 10.0 Å². The summed E-state index contributed by atoms with van der Waals surface area (Å²) < 4.78 is 31.0. The van der Waals surface area contributed by atoms with Crippen LogP contribution in [0.5, 0.6) is 5.75 Å². The van der Waals surface area contributed by atoms with Crippen LogP contribution >= 0.6 is 0 Å². The van der Waals surface area contributed by atoms with Crippen LogP contribution in [-0.2, 0) is 16.4 Å². The molecule has 2 N–H and O–H groups in total. The van der Waals surface area contributed by atoms with Gasteiger partial charge in [-0.05, 0) is 24.3 Å². The van der Waals surface area contributed by atoms with E-state index in [-0.39, 0.29) is 17.2 Å². The molecule has 0 aliphatic heterocycles. The molecule has 8 heteroatoms. The quantitative estimate of drug-likeness (QED) is 0.832. The number of hydrogen-bond donors (Lipinski definition) is 2. The number of nitrogens with zero attached hydrogens (tertiary/aromatic N) is 2. The third-order valence-corrected chi connectivity index (χ3v) is 3.83. The first-order chi connectivity index (χ1) is 8.97. The second-order valence-electron chi connectivity index (χ2n) is 3.87. The second-order valence-corrected chi connectivity index (χ2v) is 5.64. The van der Waals surface area contributed by atoms with E-state index in [2.05, 4.69) is 14.9 Å². The van der Waals surface area contributed by atoms with Crippen LogP contribution in [0.25, 0.3) is 0 Å². The van der Waals surface area contributed by atoms with Crippen molar-refractivity contribution in [3.63, 3.8) is 0 Å². The van der Waals surface area contributed by atoms with Crippen LogP contribution in [0.4, 0.5) is 0 Å². The fourth-order valence-electron chi connectivity index (χ4n) is 1.45. The second kappa shape index (κ2) is 5.37. The van der Waals surface area contributed by atoms with Crippen LogP contribution in [0, 0.1) is 6.92 Å². The van der Waals surface area contributed by atoms with E-state index >= 15 is 0 Å². The van der Waals surface area contributed by atoms with E-state index in [0.717, 1.165) is 0 Å². The Hall–Kier alpha value is -1.93. The van der Waals surface area contributed by atoms with Crippen molar-refractivity contribution >= 4 is 10.0 Å². The lowest BCUT2D eigenvalue weighted by Gasteiger charge is -2.05. The Bertz CT molecular complexity index is 649. The lowest BCUT2D eigenvalue weighted by molar-refractivity contribution is 0.387.